The average molecular weight is 385 g/mol. The van der Waals surface area contributed by atoms with Gasteiger partial charge in [-0.1, -0.05) is 64.5 Å². The SMILES string of the molecule is Cc1onc(-c2c(Cl)cccc2Cl)c1C(=O)NCC#Cc1ccccc1. The van der Waals surface area contributed by atoms with Crippen molar-refractivity contribution in [2.45, 2.75) is 6.92 Å². The Bertz CT molecular complexity index is 981. The molecule has 0 spiro atoms. The highest BCUT2D eigenvalue weighted by molar-refractivity contribution is 6.39. The fourth-order valence-electron chi connectivity index (χ4n) is 2.41. The predicted octanol–water partition coefficient (Wildman–Crippen LogP) is 4.74. The number of aryl methyl sites for hydroxylation is 1. The molecule has 26 heavy (non-hydrogen) atoms. The van der Waals surface area contributed by atoms with Gasteiger partial charge in [0.1, 0.15) is 17.0 Å². The van der Waals surface area contributed by atoms with Crippen molar-refractivity contribution in [3.8, 4) is 23.1 Å². The maximum Gasteiger partial charge on any atom is 0.257 e. The van der Waals surface area contributed by atoms with Crippen LogP contribution >= 0.6 is 23.2 Å². The number of amides is 1. The monoisotopic (exact) mass is 384 g/mol. The summed E-state index contributed by atoms with van der Waals surface area (Å²) in [4.78, 5) is 12.6. The van der Waals surface area contributed by atoms with Crippen molar-refractivity contribution in [1.29, 1.82) is 0 Å². The summed E-state index contributed by atoms with van der Waals surface area (Å²) >= 11 is 12.4. The zero-order chi connectivity index (χ0) is 18.5. The molecule has 0 saturated carbocycles. The molecule has 0 fully saturated rings. The Morgan fingerprint density at radius 1 is 1.12 bits per heavy atom. The van der Waals surface area contributed by atoms with Crippen molar-refractivity contribution in [2.24, 2.45) is 0 Å². The Hall–Kier alpha value is -2.74. The number of carbonyl (C=O) groups excluding carboxylic acids is 1. The van der Waals surface area contributed by atoms with Crippen molar-refractivity contribution in [2.75, 3.05) is 6.54 Å². The number of hydrogen-bond acceptors (Lipinski definition) is 3. The first kappa shape index (κ1) is 18.1. The summed E-state index contributed by atoms with van der Waals surface area (Å²) in [7, 11) is 0. The van der Waals surface area contributed by atoms with Crippen molar-refractivity contribution < 1.29 is 9.32 Å². The highest BCUT2D eigenvalue weighted by Gasteiger charge is 2.24. The van der Waals surface area contributed by atoms with Crippen molar-refractivity contribution >= 4 is 29.1 Å². The molecule has 0 aliphatic heterocycles. The average Bonchev–Trinajstić information content (AvgIpc) is 3.01. The van der Waals surface area contributed by atoms with Gasteiger partial charge in [0, 0.05) is 11.1 Å². The summed E-state index contributed by atoms with van der Waals surface area (Å²) in [5.74, 6) is 5.92. The predicted molar refractivity (Wildman–Crippen MR) is 102 cm³/mol. The Morgan fingerprint density at radius 3 is 2.50 bits per heavy atom. The number of aromatic nitrogens is 1. The summed E-state index contributed by atoms with van der Waals surface area (Å²) in [6.45, 7) is 1.85. The molecular formula is C20H14Cl2N2O2. The zero-order valence-corrected chi connectivity index (χ0v) is 15.4. The van der Waals surface area contributed by atoms with E-state index < -0.39 is 0 Å². The van der Waals surface area contributed by atoms with Gasteiger partial charge < -0.3 is 9.84 Å². The normalized spacial score (nSPS) is 10.1. The number of halogens is 2. The molecule has 2 aromatic carbocycles. The lowest BCUT2D eigenvalue weighted by atomic mass is 10.1. The van der Waals surface area contributed by atoms with E-state index in [9.17, 15) is 4.79 Å². The van der Waals surface area contributed by atoms with Gasteiger partial charge in [-0.05, 0) is 31.2 Å². The Labute approximate surface area is 161 Å². The van der Waals surface area contributed by atoms with Gasteiger partial charge in [-0.25, -0.2) is 0 Å². The largest absolute Gasteiger partial charge is 0.360 e. The minimum atomic E-state index is -0.350. The molecule has 0 saturated heterocycles. The van der Waals surface area contributed by atoms with Crippen molar-refractivity contribution in [1.82, 2.24) is 10.5 Å². The number of hydrogen-bond donors (Lipinski definition) is 1. The molecule has 130 valence electrons. The summed E-state index contributed by atoms with van der Waals surface area (Å²) in [6.07, 6.45) is 0. The second-order valence-corrected chi connectivity index (χ2v) is 6.22. The second kappa shape index (κ2) is 8.09. The summed E-state index contributed by atoms with van der Waals surface area (Å²) < 4.78 is 5.19. The van der Waals surface area contributed by atoms with Gasteiger partial charge >= 0.3 is 0 Å². The van der Waals surface area contributed by atoms with Crippen LogP contribution in [0.4, 0.5) is 0 Å². The van der Waals surface area contributed by atoms with E-state index in [1.54, 1.807) is 25.1 Å². The first-order chi connectivity index (χ1) is 12.6. The van der Waals surface area contributed by atoms with E-state index in [0.717, 1.165) is 5.56 Å². The van der Waals surface area contributed by atoms with Gasteiger partial charge in [0.25, 0.3) is 5.91 Å². The smallest absolute Gasteiger partial charge is 0.257 e. The molecule has 1 N–H and O–H groups in total. The summed E-state index contributed by atoms with van der Waals surface area (Å²) in [6, 6.07) is 14.6. The lowest BCUT2D eigenvalue weighted by Gasteiger charge is -2.06. The molecule has 1 aromatic heterocycles. The third-order valence-corrected chi connectivity index (χ3v) is 4.26. The van der Waals surface area contributed by atoms with Crippen LogP contribution < -0.4 is 5.32 Å². The molecule has 0 bridgehead atoms. The van der Waals surface area contributed by atoms with Gasteiger partial charge in [-0.3, -0.25) is 4.79 Å². The van der Waals surface area contributed by atoms with Crippen LogP contribution in [0.25, 0.3) is 11.3 Å². The quantitative estimate of drug-likeness (QED) is 0.663. The van der Waals surface area contributed by atoms with Crippen LogP contribution in [-0.4, -0.2) is 17.6 Å². The number of nitrogens with one attached hydrogen (secondary N) is 1. The van der Waals surface area contributed by atoms with Crippen LogP contribution in [0.2, 0.25) is 10.0 Å². The second-order valence-electron chi connectivity index (χ2n) is 5.41. The van der Waals surface area contributed by atoms with E-state index in [-0.39, 0.29) is 12.5 Å². The van der Waals surface area contributed by atoms with E-state index in [1.165, 1.54) is 0 Å². The molecule has 1 amide bonds. The van der Waals surface area contributed by atoms with E-state index in [2.05, 4.69) is 22.3 Å². The molecule has 0 aliphatic rings. The minimum absolute atomic E-state index is 0.189. The van der Waals surface area contributed by atoms with Gasteiger partial charge in [0.2, 0.25) is 0 Å². The lowest BCUT2D eigenvalue weighted by molar-refractivity contribution is 0.0957. The van der Waals surface area contributed by atoms with Crippen LogP contribution in [0.5, 0.6) is 0 Å². The summed E-state index contributed by atoms with van der Waals surface area (Å²) in [5.41, 5.74) is 1.95. The molecule has 1 heterocycles. The molecule has 0 atom stereocenters. The molecule has 3 rings (SSSR count). The van der Waals surface area contributed by atoms with E-state index >= 15 is 0 Å². The van der Waals surface area contributed by atoms with Gasteiger partial charge in [-0.15, -0.1) is 0 Å². The Balaban J connectivity index is 1.81. The van der Waals surface area contributed by atoms with Gasteiger partial charge in [-0.2, -0.15) is 0 Å². The van der Waals surface area contributed by atoms with Gasteiger partial charge in [0.05, 0.1) is 16.6 Å². The first-order valence-electron chi connectivity index (χ1n) is 7.80. The number of rotatable bonds is 3. The van der Waals surface area contributed by atoms with Crippen molar-refractivity contribution in [3.05, 3.63) is 75.5 Å². The molecular weight excluding hydrogens is 371 g/mol. The van der Waals surface area contributed by atoms with Crippen LogP contribution in [-0.2, 0) is 0 Å². The molecule has 6 heteroatoms. The van der Waals surface area contributed by atoms with E-state index in [0.29, 0.717) is 32.6 Å². The van der Waals surface area contributed by atoms with E-state index in [1.807, 2.05) is 30.3 Å². The molecule has 0 aliphatic carbocycles. The molecule has 4 nitrogen and oxygen atoms in total. The van der Waals surface area contributed by atoms with Crippen molar-refractivity contribution in [3.63, 3.8) is 0 Å². The Kier molecular flexibility index (Phi) is 5.62. The molecule has 0 unspecified atom stereocenters. The third-order valence-electron chi connectivity index (χ3n) is 3.63. The van der Waals surface area contributed by atoms with E-state index in [4.69, 9.17) is 27.7 Å². The highest BCUT2D eigenvalue weighted by atomic mass is 35.5. The highest BCUT2D eigenvalue weighted by Crippen LogP contribution is 2.36. The zero-order valence-electron chi connectivity index (χ0n) is 13.8. The van der Waals surface area contributed by atoms with Crippen LogP contribution in [0.1, 0.15) is 21.7 Å². The molecule has 0 radical (unpaired) electrons. The fraction of sp³-hybridized carbons (Fsp3) is 0.100. The lowest BCUT2D eigenvalue weighted by Crippen LogP contribution is -2.24. The van der Waals surface area contributed by atoms with Crippen LogP contribution in [0, 0.1) is 18.8 Å². The topological polar surface area (TPSA) is 55.1 Å². The molecule has 3 aromatic rings. The maximum atomic E-state index is 12.6. The Morgan fingerprint density at radius 2 is 1.81 bits per heavy atom. The fourth-order valence-corrected chi connectivity index (χ4v) is 2.99. The first-order valence-corrected chi connectivity index (χ1v) is 8.56. The maximum absolute atomic E-state index is 12.6. The number of carbonyl (C=O) groups is 1. The number of nitrogens with zero attached hydrogens (tertiary/aromatic N) is 1. The minimum Gasteiger partial charge on any atom is -0.360 e. The van der Waals surface area contributed by atoms with Crippen LogP contribution in [0.3, 0.4) is 0 Å². The standard InChI is InChI=1S/C20H14Cl2N2O2/c1-13-17(19(24-26-13)18-15(21)10-5-11-16(18)22)20(25)23-12-6-9-14-7-3-2-4-8-14/h2-5,7-8,10-11H,12H2,1H3,(H,23,25). The van der Waals surface area contributed by atoms with Crippen LogP contribution in [0.15, 0.2) is 53.1 Å². The third kappa shape index (κ3) is 3.91. The van der Waals surface area contributed by atoms with Gasteiger partial charge in [0.15, 0.2) is 0 Å². The summed E-state index contributed by atoms with van der Waals surface area (Å²) in [5, 5.41) is 7.49. The number of benzene rings is 2.